The van der Waals surface area contributed by atoms with E-state index in [1.807, 2.05) is 0 Å². The van der Waals surface area contributed by atoms with Crippen LogP contribution in [0.15, 0.2) is 42.5 Å². The molecule has 1 aliphatic rings. The van der Waals surface area contributed by atoms with E-state index in [-0.39, 0.29) is 23.2 Å². The van der Waals surface area contributed by atoms with Gasteiger partial charge in [0, 0.05) is 22.4 Å². The van der Waals surface area contributed by atoms with Crippen molar-refractivity contribution in [3.8, 4) is 5.75 Å². The van der Waals surface area contributed by atoms with Gasteiger partial charge in [0.2, 0.25) is 12.0 Å². The van der Waals surface area contributed by atoms with Crippen LogP contribution in [-0.4, -0.2) is 29.6 Å². The lowest BCUT2D eigenvalue weighted by Crippen LogP contribution is -2.41. The Morgan fingerprint density at radius 2 is 1.93 bits per heavy atom. The molecule has 8 heteroatoms. The number of amides is 1. The average Bonchev–Trinajstić information content (AvgIpc) is 3.40. The summed E-state index contributed by atoms with van der Waals surface area (Å²) in [5, 5.41) is 12.0. The van der Waals surface area contributed by atoms with Gasteiger partial charge in [-0.2, -0.15) is 0 Å². The van der Waals surface area contributed by atoms with Gasteiger partial charge in [0.15, 0.2) is 0 Å². The molecule has 0 radical (unpaired) electrons. The first-order valence-electron chi connectivity index (χ1n) is 8.23. The number of carboxylic acid groups (broad SMARTS) is 1. The maximum Gasteiger partial charge on any atom is 0.346 e. The number of ether oxygens (including phenoxy) is 1. The zero-order valence-electron chi connectivity index (χ0n) is 14.0. The van der Waals surface area contributed by atoms with E-state index in [9.17, 15) is 23.5 Å². The minimum absolute atomic E-state index is 0.167. The Labute approximate surface area is 158 Å². The molecule has 3 atom stereocenters. The van der Waals surface area contributed by atoms with Crippen LogP contribution in [0.3, 0.4) is 0 Å². The fourth-order valence-electron chi connectivity index (χ4n) is 2.85. The predicted octanol–water partition coefficient (Wildman–Crippen LogP) is 3.37. The topological polar surface area (TPSA) is 75.6 Å². The highest BCUT2D eigenvalue weighted by atomic mass is 35.5. The summed E-state index contributed by atoms with van der Waals surface area (Å²) in [6.45, 7) is -0.278. The third-order valence-corrected chi connectivity index (χ3v) is 4.66. The Morgan fingerprint density at radius 1 is 1.22 bits per heavy atom. The van der Waals surface area contributed by atoms with Crippen LogP contribution in [0.5, 0.6) is 5.75 Å². The molecular weight excluding hydrogens is 380 g/mol. The van der Waals surface area contributed by atoms with Crippen molar-refractivity contribution in [1.82, 2.24) is 5.32 Å². The molecule has 142 valence electrons. The third-order valence-electron chi connectivity index (χ3n) is 4.33. The molecule has 0 aromatic heterocycles. The number of halogens is 3. The van der Waals surface area contributed by atoms with Gasteiger partial charge in [0.1, 0.15) is 17.4 Å². The summed E-state index contributed by atoms with van der Waals surface area (Å²) in [4.78, 5) is 23.6. The largest absolute Gasteiger partial charge is 0.478 e. The second-order valence-corrected chi connectivity index (χ2v) is 6.64. The van der Waals surface area contributed by atoms with Crippen LogP contribution in [0.4, 0.5) is 8.78 Å². The molecule has 2 N–H and O–H groups in total. The van der Waals surface area contributed by atoms with Gasteiger partial charge in [0.25, 0.3) is 0 Å². The van der Waals surface area contributed by atoms with Gasteiger partial charge < -0.3 is 15.2 Å². The first-order chi connectivity index (χ1) is 12.9. The van der Waals surface area contributed by atoms with Gasteiger partial charge in [-0.15, -0.1) is 0 Å². The summed E-state index contributed by atoms with van der Waals surface area (Å²) in [5.41, 5.74) is 0.302. The van der Waals surface area contributed by atoms with Crippen molar-refractivity contribution in [1.29, 1.82) is 0 Å². The van der Waals surface area contributed by atoms with Crippen molar-refractivity contribution < 1.29 is 28.2 Å². The van der Waals surface area contributed by atoms with Crippen molar-refractivity contribution in [2.24, 2.45) is 5.92 Å². The van der Waals surface area contributed by atoms with Gasteiger partial charge in [-0.25, -0.2) is 13.6 Å². The minimum atomic E-state index is -1.34. The zero-order valence-corrected chi connectivity index (χ0v) is 14.7. The SMILES string of the molecule is O=C(O)C(CNC(=O)C1CC1c1c(F)cccc1Cl)Oc1ccc(F)cc1. The molecule has 0 spiro atoms. The number of hydrogen-bond acceptors (Lipinski definition) is 3. The van der Waals surface area contributed by atoms with E-state index in [2.05, 4.69) is 5.32 Å². The first kappa shape index (κ1) is 19.1. The minimum Gasteiger partial charge on any atom is -0.478 e. The molecule has 3 rings (SSSR count). The maximum absolute atomic E-state index is 13.9. The first-order valence-corrected chi connectivity index (χ1v) is 8.61. The van der Waals surface area contributed by atoms with E-state index >= 15 is 0 Å². The molecule has 0 heterocycles. The highest BCUT2D eigenvalue weighted by Gasteiger charge is 2.46. The summed E-state index contributed by atoms with van der Waals surface area (Å²) in [6.07, 6.45) is -0.906. The van der Waals surface area contributed by atoms with Crippen molar-refractivity contribution in [2.45, 2.75) is 18.4 Å². The van der Waals surface area contributed by atoms with E-state index < -0.39 is 35.5 Å². The normalized spacial score (nSPS) is 19.2. The lowest BCUT2D eigenvalue weighted by molar-refractivity contribution is -0.145. The molecule has 0 aliphatic heterocycles. The molecule has 1 saturated carbocycles. The standard InChI is InChI=1S/C19H16ClF2NO4/c20-14-2-1-3-15(22)17(14)12-8-13(12)18(24)23-9-16(19(25)26)27-11-6-4-10(21)5-7-11/h1-7,12-13,16H,8-9H2,(H,23,24)(H,25,26). The molecule has 2 aromatic rings. The molecular formula is C19H16ClF2NO4. The summed E-state index contributed by atoms with van der Waals surface area (Å²) in [5.74, 6) is -3.25. The Bertz CT molecular complexity index is 839. The van der Waals surface area contributed by atoms with Crippen molar-refractivity contribution in [3.63, 3.8) is 0 Å². The quantitative estimate of drug-likeness (QED) is 0.753. The fourth-order valence-corrected chi connectivity index (χ4v) is 3.15. The second kappa shape index (κ2) is 7.92. The monoisotopic (exact) mass is 395 g/mol. The van der Waals surface area contributed by atoms with Crippen LogP contribution < -0.4 is 10.1 Å². The molecule has 0 bridgehead atoms. The van der Waals surface area contributed by atoms with Crippen molar-refractivity contribution in [3.05, 3.63) is 64.7 Å². The van der Waals surface area contributed by atoms with E-state index in [0.29, 0.717) is 12.0 Å². The Kier molecular flexibility index (Phi) is 5.60. The number of hydrogen-bond donors (Lipinski definition) is 2. The predicted molar refractivity (Wildman–Crippen MR) is 93.7 cm³/mol. The van der Waals surface area contributed by atoms with E-state index in [1.165, 1.54) is 24.3 Å². The molecule has 1 aliphatic carbocycles. The molecule has 27 heavy (non-hydrogen) atoms. The smallest absolute Gasteiger partial charge is 0.346 e. The van der Waals surface area contributed by atoms with E-state index in [1.54, 1.807) is 6.07 Å². The van der Waals surface area contributed by atoms with Crippen LogP contribution in [0.2, 0.25) is 5.02 Å². The second-order valence-electron chi connectivity index (χ2n) is 6.23. The zero-order chi connectivity index (χ0) is 19.6. The van der Waals surface area contributed by atoms with Crippen LogP contribution in [0, 0.1) is 17.6 Å². The summed E-state index contributed by atoms with van der Waals surface area (Å²) >= 11 is 6.01. The Balaban J connectivity index is 1.57. The number of nitrogens with one attached hydrogen (secondary N) is 1. The Hall–Kier alpha value is -2.67. The van der Waals surface area contributed by atoms with Gasteiger partial charge >= 0.3 is 5.97 Å². The number of aliphatic carboxylic acids is 1. The summed E-state index contributed by atoms with van der Waals surface area (Å²) in [6, 6.07) is 9.20. The van der Waals surface area contributed by atoms with Gasteiger partial charge in [-0.1, -0.05) is 17.7 Å². The fraction of sp³-hybridized carbons (Fsp3) is 0.263. The van der Waals surface area contributed by atoms with Gasteiger partial charge in [0.05, 0.1) is 6.54 Å². The number of carbonyl (C=O) groups is 2. The maximum atomic E-state index is 13.9. The van der Waals surface area contributed by atoms with Gasteiger partial charge in [-0.05, 0) is 42.8 Å². The number of carbonyl (C=O) groups excluding carboxylic acids is 1. The Morgan fingerprint density at radius 3 is 2.56 bits per heavy atom. The number of benzene rings is 2. The summed E-state index contributed by atoms with van der Waals surface area (Å²) in [7, 11) is 0. The van der Waals surface area contributed by atoms with Crippen molar-refractivity contribution >= 4 is 23.5 Å². The highest BCUT2D eigenvalue weighted by Crippen LogP contribution is 2.50. The van der Waals surface area contributed by atoms with Crippen LogP contribution in [0.1, 0.15) is 17.9 Å². The summed E-state index contributed by atoms with van der Waals surface area (Å²) < 4.78 is 32.1. The van der Waals surface area contributed by atoms with Crippen LogP contribution in [0.25, 0.3) is 0 Å². The van der Waals surface area contributed by atoms with Crippen LogP contribution >= 0.6 is 11.6 Å². The van der Waals surface area contributed by atoms with Crippen molar-refractivity contribution in [2.75, 3.05) is 6.54 Å². The highest BCUT2D eigenvalue weighted by molar-refractivity contribution is 6.31. The lowest BCUT2D eigenvalue weighted by Gasteiger charge is -2.16. The third kappa shape index (κ3) is 4.54. The molecule has 3 unspecified atom stereocenters. The average molecular weight is 396 g/mol. The lowest BCUT2D eigenvalue weighted by atomic mass is 10.1. The molecule has 5 nitrogen and oxygen atoms in total. The van der Waals surface area contributed by atoms with Gasteiger partial charge in [-0.3, -0.25) is 4.79 Å². The molecule has 2 aromatic carbocycles. The number of carboxylic acids is 1. The van der Waals surface area contributed by atoms with Crippen LogP contribution in [-0.2, 0) is 9.59 Å². The molecule has 1 fully saturated rings. The molecule has 0 saturated heterocycles. The number of rotatable bonds is 7. The molecule has 1 amide bonds. The van der Waals surface area contributed by atoms with E-state index in [4.69, 9.17) is 16.3 Å². The van der Waals surface area contributed by atoms with E-state index in [0.717, 1.165) is 12.1 Å².